The standard InChI is InChI=1S/C19H18BrNO3S/c1-13(15-8-7-14-5-3-4-6-16(14)11-15)21-25(22,23)17-9-10-19(24-2)18(20)12-17/h3-13,21H,1-2H3/t13-/m1/s1. The Morgan fingerprint density at radius 2 is 1.72 bits per heavy atom. The number of hydrogen-bond acceptors (Lipinski definition) is 3. The van der Waals surface area contributed by atoms with Crippen LogP contribution < -0.4 is 9.46 Å². The molecule has 25 heavy (non-hydrogen) atoms. The highest BCUT2D eigenvalue weighted by molar-refractivity contribution is 9.10. The third kappa shape index (κ3) is 3.86. The largest absolute Gasteiger partial charge is 0.496 e. The molecule has 1 atom stereocenters. The molecule has 3 aromatic carbocycles. The fraction of sp³-hybridized carbons (Fsp3) is 0.158. The number of halogens is 1. The molecule has 0 heterocycles. The average Bonchev–Trinajstić information content (AvgIpc) is 2.60. The average molecular weight is 420 g/mol. The summed E-state index contributed by atoms with van der Waals surface area (Å²) in [5, 5.41) is 2.21. The molecule has 0 bridgehead atoms. The molecule has 0 aliphatic rings. The van der Waals surface area contributed by atoms with E-state index in [1.165, 1.54) is 19.2 Å². The van der Waals surface area contributed by atoms with E-state index in [1.807, 2.05) is 49.4 Å². The summed E-state index contributed by atoms with van der Waals surface area (Å²) in [4.78, 5) is 0.188. The zero-order valence-corrected chi connectivity index (χ0v) is 16.3. The van der Waals surface area contributed by atoms with E-state index in [4.69, 9.17) is 4.74 Å². The predicted molar refractivity (Wildman–Crippen MR) is 103 cm³/mol. The monoisotopic (exact) mass is 419 g/mol. The summed E-state index contributed by atoms with van der Waals surface area (Å²) in [5.41, 5.74) is 0.912. The first kappa shape index (κ1) is 17.9. The summed E-state index contributed by atoms with van der Waals surface area (Å²) in [7, 11) is -2.11. The van der Waals surface area contributed by atoms with Gasteiger partial charge >= 0.3 is 0 Å². The van der Waals surface area contributed by atoms with Crippen LogP contribution in [-0.4, -0.2) is 15.5 Å². The van der Waals surface area contributed by atoms with Crippen molar-refractivity contribution in [2.24, 2.45) is 0 Å². The maximum atomic E-state index is 12.7. The lowest BCUT2D eigenvalue weighted by atomic mass is 10.0. The Labute approximate surface area is 156 Å². The predicted octanol–water partition coefficient (Wildman–Crippen LogP) is 4.65. The lowest BCUT2D eigenvalue weighted by Crippen LogP contribution is -2.26. The molecule has 0 radical (unpaired) electrons. The molecule has 3 aromatic rings. The van der Waals surface area contributed by atoms with Crippen LogP contribution in [0.3, 0.4) is 0 Å². The van der Waals surface area contributed by atoms with Crippen LogP contribution in [0.1, 0.15) is 18.5 Å². The van der Waals surface area contributed by atoms with Crippen LogP contribution in [0.5, 0.6) is 5.75 Å². The van der Waals surface area contributed by atoms with Gasteiger partial charge in [0.25, 0.3) is 0 Å². The van der Waals surface area contributed by atoms with Gasteiger partial charge in [-0.1, -0.05) is 36.4 Å². The molecule has 130 valence electrons. The highest BCUT2D eigenvalue weighted by atomic mass is 79.9. The molecule has 6 heteroatoms. The van der Waals surface area contributed by atoms with Gasteiger partial charge in [0.15, 0.2) is 0 Å². The molecule has 0 aromatic heterocycles. The van der Waals surface area contributed by atoms with Crippen molar-refractivity contribution in [3.05, 3.63) is 70.7 Å². The van der Waals surface area contributed by atoms with E-state index in [1.54, 1.807) is 6.07 Å². The molecule has 3 rings (SSSR count). The quantitative estimate of drug-likeness (QED) is 0.654. The van der Waals surface area contributed by atoms with E-state index in [9.17, 15) is 8.42 Å². The zero-order chi connectivity index (χ0) is 18.0. The number of rotatable bonds is 5. The molecule has 4 nitrogen and oxygen atoms in total. The first-order valence-electron chi connectivity index (χ1n) is 7.75. The molecule has 0 spiro atoms. The first-order valence-corrected chi connectivity index (χ1v) is 10.0. The molecule has 0 saturated heterocycles. The Balaban J connectivity index is 1.87. The van der Waals surface area contributed by atoms with Gasteiger partial charge in [0.05, 0.1) is 16.5 Å². The molecular formula is C19H18BrNO3S. The lowest BCUT2D eigenvalue weighted by Gasteiger charge is -2.16. The van der Waals surface area contributed by atoms with Crippen LogP contribution in [-0.2, 0) is 10.0 Å². The summed E-state index contributed by atoms with van der Waals surface area (Å²) < 4.78 is 33.8. The van der Waals surface area contributed by atoms with E-state index in [0.29, 0.717) is 10.2 Å². The number of methoxy groups -OCH3 is 1. The van der Waals surface area contributed by atoms with E-state index in [-0.39, 0.29) is 10.9 Å². The summed E-state index contributed by atoms with van der Waals surface area (Å²) in [6, 6.07) is 18.3. The smallest absolute Gasteiger partial charge is 0.241 e. The normalized spacial score (nSPS) is 12.9. The van der Waals surface area contributed by atoms with Crippen molar-refractivity contribution in [3.8, 4) is 5.75 Å². The Kier molecular flexibility index (Phi) is 5.13. The van der Waals surface area contributed by atoms with Crippen LogP contribution in [0, 0.1) is 0 Å². The minimum Gasteiger partial charge on any atom is -0.496 e. The minimum atomic E-state index is -3.64. The lowest BCUT2D eigenvalue weighted by molar-refractivity contribution is 0.411. The van der Waals surface area contributed by atoms with Gasteiger partial charge in [-0.3, -0.25) is 0 Å². The fourth-order valence-electron chi connectivity index (χ4n) is 2.66. The Hall–Kier alpha value is -1.89. The molecule has 0 aliphatic heterocycles. The minimum absolute atomic E-state index is 0.188. The Morgan fingerprint density at radius 1 is 1.00 bits per heavy atom. The number of ether oxygens (including phenoxy) is 1. The van der Waals surface area contributed by atoms with Crippen molar-refractivity contribution in [1.82, 2.24) is 4.72 Å². The highest BCUT2D eigenvalue weighted by Crippen LogP contribution is 2.28. The highest BCUT2D eigenvalue weighted by Gasteiger charge is 2.19. The van der Waals surface area contributed by atoms with E-state index < -0.39 is 10.0 Å². The SMILES string of the molecule is COc1ccc(S(=O)(=O)N[C@H](C)c2ccc3ccccc3c2)cc1Br. The van der Waals surface area contributed by atoms with E-state index >= 15 is 0 Å². The van der Waals surface area contributed by atoms with Gasteiger partial charge in [-0.2, -0.15) is 0 Å². The van der Waals surface area contributed by atoms with Gasteiger partial charge in [-0.25, -0.2) is 13.1 Å². The van der Waals surface area contributed by atoms with E-state index in [2.05, 4.69) is 20.7 Å². The Morgan fingerprint density at radius 3 is 2.40 bits per heavy atom. The van der Waals surface area contributed by atoms with Gasteiger partial charge in [0, 0.05) is 6.04 Å². The van der Waals surface area contributed by atoms with Gasteiger partial charge < -0.3 is 4.74 Å². The molecule has 0 aliphatic carbocycles. The maximum Gasteiger partial charge on any atom is 0.241 e. The van der Waals surface area contributed by atoms with E-state index in [0.717, 1.165) is 16.3 Å². The van der Waals surface area contributed by atoms with Gasteiger partial charge in [-0.15, -0.1) is 0 Å². The van der Waals surface area contributed by atoms with Gasteiger partial charge in [-0.05, 0) is 63.5 Å². The summed E-state index contributed by atoms with van der Waals surface area (Å²) in [5.74, 6) is 0.585. The van der Waals surface area contributed by atoms with Crippen molar-refractivity contribution >= 4 is 36.7 Å². The number of hydrogen-bond donors (Lipinski definition) is 1. The van der Waals surface area contributed by atoms with Crippen LogP contribution in [0.2, 0.25) is 0 Å². The summed E-state index contributed by atoms with van der Waals surface area (Å²) >= 11 is 3.32. The second kappa shape index (κ2) is 7.15. The van der Waals surface area contributed by atoms with Crippen LogP contribution in [0.25, 0.3) is 10.8 Å². The van der Waals surface area contributed by atoms with Crippen molar-refractivity contribution < 1.29 is 13.2 Å². The van der Waals surface area contributed by atoms with Crippen LogP contribution >= 0.6 is 15.9 Å². The number of fused-ring (bicyclic) bond motifs is 1. The molecular weight excluding hydrogens is 402 g/mol. The molecule has 0 saturated carbocycles. The maximum absolute atomic E-state index is 12.7. The molecule has 0 unspecified atom stereocenters. The topological polar surface area (TPSA) is 55.4 Å². The van der Waals surface area contributed by atoms with Gasteiger partial charge in [0.2, 0.25) is 10.0 Å². The van der Waals surface area contributed by atoms with Crippen LogP contribution in [0.15, 0.2) is 70.0 Å². The van der Waals surface area contributed by atoms with Gasteiger partial charge in [0.1, 0.15) is 5.75 Å². The first-order chi connectivity index (χ1) is 11.9. The number of benzene rings is 3. The molecule has 1 N–H and O–H groups in total. The van der Waals surface area contributed by atoms with Crippen molar-refractivity contribution in [1.29, 1.82) is 0 Å². The second-order valence-electron chi connectivity index (χ2n) is 5.75. The fourth-order valence-corrected chi connectivity index (χ4v) is 4.61. The van der Waals surface area contributed by atoms with Crippen LogP contribution in [0.4, 0.5) is 0 Å². The Bertz CT molecular complexity index is 1020. The summed E-state index contributed by atoms with van der Waals surface area (Å²) in [6.45, 7) is 1.83. The van der Waals surface area contributed by atoms with Crippen molar-refractivity contribution in [2.75, 3.05) is 7.11 Å². The zero-order valence-electron chi connectivity index (χ0n) is 13.9. The summed E-state index contributed by atoms with van der Waals surface area (Å²) in [6.07, 6.45) is 0. The number of nitrogens with one attached hydrogen (secondary N) is 1. The van der Waals surface area contributed by atoms with Crippen molar-refractivity contribution in [3.63, 3.8) is 0 Å². The number of sulfonamides is 1. The second-order valence-corrected chi connectivity index (χ2v) is 8.31. The third-order valence-corrected chi connectivity index (χ3v) is 6.20. The van der Waals surface area contributed by atoms with Crippen molar-refractivity contribution in [2.45, 2.75) is 17.9 Å². The molecule has 0 amide bonds. The molecule has 0 fully saturated rings. The third-order valence-electron chi connectivity index (χ3n) is 4.04.